The number of aromatic nitrogens is 1. The maximum atomic E-state index is 11.6. The molecule has 35 heavy (non-hydrogen) atoms. The second kappa shape index (κ2) is 11.4. The molecule has 182 valence electrons. The Bertz CT molecular complexity index is 1180. The quantitative estimate of drug-likeness (QED) is 0.446. The topological polar surface area (TPSA) is 96.1 Å². The van der Waals surface area contributed by atoms with Gasteiger partial charge >= 0.3 is 0 Å². The van der Waals surface area contributed by atoms with Crippen LogP contribution in [-0.4, -0.2) is 49.0 Å². The van der Waals surface area contributed by atoms with Gasteiger partial charge in [-0.2, -0.15) is 10.5 Å². The lowest BCUT2D eigenvalue weighted by atomic mass is 10.0. The Morgan fingerprint density at radius 1 is 1.17 bits per heavy atom. The molecule has 1 aromatic heterocycles. The molecule has 1 N–H and O–H groups in total. The van der Waals surface area contributed by atoms with Crippen molar-refractivity contribution in [3.63, 3.8) is 0 Å². The van der Waals surface area contributed by atoms with Gasteiger partial charge < -0.3 is 15.1 Å². The lowest BCUT2D eigenvalue weighted by Gasteiger charge is -2.28. The van der Waals surface area contributed by atoms with Gasteiger partial charge in [0.05, 0.1) is 11.1 Å². The minimum atomic E-state index is -0.408. The van der Waals surface area contributed by atoms with Gasteiger partial charge in [0.25, 0.3) is 0 Å². The zero-order valence-electron chi connectivity index (χ0n) is 20.9. The van der Waals surface area contributed by atoms with Crippen molar-refractivity contribution in [3.05, 3.63) is 59.2 Å². The molecule has 0 radical (unpaired) electrons. The Morgan fingerprint density at radius 3 is 2.46 bits per heavy atom. The molecule has 1 aliphatic heterocycles. The fourth-order valence-electron chi connectivity index (χ4n) is 4.19. The molecule has 1 amide bonds. The first-order chi connectivity index (χ1) is 16.7. The molecule has 1 fully saturated rings. The highest BCUT2D eigenvalue weighted by molar-refractivity contribution is 8.00. The van der Waals surface area contributed by atoms with E-state index in [2.05, 4.69) is 54.7 Å². The Kier molecular flexibility index (Phi) is 8.56. The molecule has 3 rings (SSSR count). The average molecular weight is 489 g/mol. The van der Waals surface area contributed by atoms with Crippen LogP contribution in [-0.2, 0) is 16.0 Å². The van der Waals surface area contributed by atoms with Gasteiger partial charge in [-0.05, 0) is 69.6 Å². The molecule has 0 unspecified atom stereocenters. The number of hydrogen-bond donors (Lipinski definition) is 1. The van der Waals surface area contributed by atoms with Crippen molar-refractivity contribution in [2.45, 2.75) is 43.4 Å². The maximum absolute atomic E-state index is 11.6. The maximum Gasteiger partial charge on any atom is 0.247 e. The number of nitriles is 2. The van der Waals surface area contributed by atoms with Crippen molar-refractivity contribution in [2.75, 3.05) is 43.4 Å². The molecule has 2 aromatic rings. The van der Waals surface area contributed by atoms with E-state index in [9.17, 15) is 15.3 Å². The summed E-state index contributed by atoms with van der Waals surface area (Å²) in [5, 5.41) is 23.5. The molecule has 1 aromatic carbocycles. The predicted molar refractivity (Wildman–Crippen MR) is 142 cm³/mol. The van der Waals surface area contributed by atoms with Crippen LogP contribution in [0.2, 0.25) is 0 Å². The van der Waals surface area contributed by atoms with E-state index in [1.165, 1.54) is 17.8 Å². The van der Waals surface area contributed by atoms with E-state index in [1.807, 2.05) is 31.2 Å². The monoisotopic (exact) mass is 488 g/mol. The SMILES string of the molecule is C=CC(=O)Nc1ccc(C(C)(C)Sc2nc(N3CCCN(C)CC3)c(C#N)c(CC)c2C#N)cc1. The van der Waals surface area contributed by atoms with Gasteiger partial charge in [-0.3, -0.25) is 4.79 Å². The lowest BCUT2D eigenvalue weighted by Crippen LogP contribution is -2.30. The summed E-state index contributed by atoms with van der Waals surface area (Å²) in [4.78, 5) is 21.0. The Balaban J connectivity index is 2.01. The molecule has 1 saturated heterocycles. The van der Waals surface area contributed by atoms with Gasteiger partial charge in [-0.25, -0.2) is 4.98 Å². The van der Waals surface area contributed by atoms with Crippen molar-refractivity contribution < 1.29 is 4.79 Å². The van der Waals surface area contributed by atoms with Crippen LogP contribution in [0.5, 0.6) is 0 Å². The second-order valence-corrected chi connectivity index (χ2v) is 10.7. The summed E-state index contributed by atoms with van der Waals surface area (Å²) < 4.78 is -0.408. The summed E-state index contributed by atoms with van der Waals surface area (Å²) >= 11 is 1.52. The van der Waals surface area contributed by atoms with E-state index in [4.69, 9.17) is 4.98 Å². The minimum absolute atomic E-state index is 0.258. The first-order valence-corrected chi connectivity index (χ1v) is 12.6. The van der Waals surface area contributed by atoms with Crippen molar-refractivity contribution in [2.24, 2.45) is 0 Å². The number of benzene rings is 1. The number of thioether (sulfide) groups is 1. The summed E-state index contributed by atoms with van der Waals surface area (Å²) in [6.45, 7) is 13.2. The number of anilines is 2. The number of carbonyl (C=O) groups excluding carboxylic acids is 1. The van der Waals surface area contributed by atoms with Crippen LogP contribution in [0.4, 0.5) is 11.5 Å². The summed E-state index contributed by atoms with van der Waals surface area (Å²) in [6, 6.07) is 12.3. The van der Waals surface area contributed by atoms with Crippen LogP contribution in [0.15, 0.2) is 41.9 Å². The predicted octanol–water partition coefficient (Wildman–Crippen LogP) is 4.68. The highest BCUT2D eigenvalue weighted by atomic mass is 32.2. The largest absolute Gasteiger partial charge is 0.354 e. The summed E-state index contributed by atoms with van der Waals surface area (Å²) in [7, 11) is 2.11. The molecule has 0 bridgehead atoms. The van der Waals surface area contributed by atoms with Gasteiger partial charge in [0, 0.05) is 30.1 Å². The van der Waals surface area contributed by atoms with E-state index in [1.54, 1.807) is 0 Å². The van der Waals surface area contributed by atoms with Crippen LogP contribution in [0.25, 0.3) is 0 Å². The number of carbonyl (C=O) groups is 1. The number of rotatable bonds is 7. The van der Waals surface area contributed by atoms with Crippen LogP contribution >= 0.6 is 11.8 Å². The highest BCUT2D eigenvalue weighted by Crippen LogP contribution is 2.43. The Labute approximate surface area is 212 Å². The first-order valence-electron chi connectivity index (χ1n) is 11.8. The number of likely N-dealkylation sites (N-methyl/N-ethyl adjacent to an activating group) is 1. The molecule has 8 heteroatoms. The molecule has 7 nitrogen and oxygen atoms in total. The van der Waals surface area contributed by atoms with Crippen molar-refractivity contribution in [3.8, 4) is 12.1 Å². The van der Waals surface area contributed by atoms with Crippen LogP contribution < -0.4 is 10.2 Å². The first kappa shape index (κ1) is 26.3. The number of amides is 1. The van der Waals surface area contributed by atoms with Crippen LogP contribution in [0.3, 0.4) is 0 Å². The van der Waals surface area contributed by atoms with Crippen molar-refractivity contribution in [1.82, 2.24) is 9.88 Å². The highest BCUT2D eigenvalue weighted by Gasteiger charge is 2.29. The molecule has 0 spiro atoms. The number of nitrogens with zero attached hydrogens (tertiary/aromatic N) is 5. The summed E-state index contributed by atoms with van der Waals surface area (Å²) in [5.41, 5.74) is 3.48. The fraction of sp³-hybridized carbons (Fsp3) is 0.407. The molecule has 0 aliphatic carbocycles. The van der Waals surface area contributed by atoms with Crippen LogP contribution in [0, 0.1) is 22.7 Å². The second-order valence-electron chi connectivity index (χ2n) is 9.07. The van der Waals surface area contributed by atoms with E-state index < -0.39 is 4.75 Å². The number of hydrogen-bond acceptors (Lipinski definition) is 7. The van der Waals surface area contributed by atoms with Crippen molar-refractivity contribution in [1.29, 1.82) is 10.5 Å². The third-order valence-electron chi connectivity index (χ3n) is 6.23. The zero-order chi connectivity index (χ0) is 25.6. The Hall–Kier alpha value is -3.33. The average Bonchev–Trinajstić information content (AvgIpc) is 3.07. The minimum Gasteiger partial charge on any atom is -0.354 e. The molecular weight excluding hydrogens is 456 g/mol. The number of nitrogens with one attached hydrogen (secondary N) is 1. The van der Waals surface area contributed by atoms with Gasteiger partial charge in [-0.1, -0.05) is 37.4 Å². The van der Waals surface area contributed by atoms with E-state index in [0.717, 1.165) is 43.7 Å². The van der Waals surface area contributed by atoms with Gasteiger partial charge in [0.1, 0.15) is 23.0 Å². The third-order valence-corrected chi connectivity index (χ3v) is 7.46. The van der Waals surface area contributed by atoms with E-state index in [-0.39, 0.29) is 5.91 Å². The number of pyridine rings is 1. The van der Waals surface area contributed by atoms with E-state index >= 15 is 0 Å². The van der Waals surface area contributed by atoms with Gasteiger partial charge in [0.15, 0.2) is 0 Å². The lowest BCUT2D eigenvalue weighted by molar-refractivity contribution is -0.111. The van der Waals surface area contributed by atoms with Crippen LogP contribution in [0.1, 0.15) is 49.4 Å². The van der Waals surface area contributed by atoms with Crippen molar-refractivity contribution >= 4 is 29.2 Å². The molecular formula is C27H32N6OS. The molecule has 0 atom stereocenters. The third kappa shape index (κ3) is 6.03. The van der Waals surface area contributed by atoms with Gasteiger partial charge in [-0.15, -0.1) is 0 Å². The Morgan fingerprint density at radius 2 is 1.86 bits per heavy atom. The molecule has 0 saturated carbocycles. The fourth-order valence-corrected chi connectivity index (χ4v) is 5.33. The standard InChI is InChI=1S/C27H32N6OS/c1-6-21-22(17-28)25(33-14-8-13-32(5)15-16-33)31-26(23(21)18-29)35-27(3,4)19-9-11-20(12-10-19)30-24(34)7-2/h7,9-12H,2,6,8,13-16H2,1,3-5H3,(H,30,34). The zero-order valence-corrected chi connectivity index (χ0v) is 21.7. The van der Waals surface area contributed by atoms with Gasteiger partial charge in [0.2, 0.25) is 5.91 Å². The van der Waals surface area contributed by atoms with E-state index in [0.29, 0.717) is 34.1 Å². The normalized spacial score (nSPS) is 14.5. The molecule has 1 aliphatic rings. The smallest absolute Gasteiger partial charge is 0.247 e. The summed E-state index contributed by atoms with van der Waals surface area (Å²) in [6.07, 6.45) is 2.81. The molecule has 2 heterocycles. The summed E-state index contributed by atoms with van der Waals surface area (Å²) in [5.74, 6) is 0.422.